The van der Waals surface area contributed by atoms with Gasteiger partial charge in [-0.2, -0.15) is 0 Å². The van der Waals surface area contributed by atoms with E-state index < -0.39 is 0 Å². The minimum atomic E-state index is -0.245. The van der Waals surface area contributed by atoms with Gasteiger partial charge in [-0.25, -0.2) is 0 Å². The van der Waals surface area contributed by atoms with Crippen molar-refractivity contribution in [1.82, 2.24) is 5.32 Å². The molecule has 7 nitrogen and oxygen atoms in total. The van der Waals surface area contributed by atoms with E-state index in [-0.39, 0.29) is 66.8 Å². The van der Waals surface area contributed by atoms with Gasteiger partial charge in [0.05, 0.1) is 14.2 Å². The molecule has 2 aromatic carbocycles. The minimum absolute atomic E-state index is 0. The average molecular weight is 618 g/mol. The summed E-state index contributed by atoms with van der Waals surface area (Å²) >= 11 is 0. The number of methoxy groups -OCH3 is 2. The number of carbonyl (C=O) groups excluding carboxylic acids is 3. The van der Waals surface area contributed by atoms with E-state index in [0.29, 0.717) is 31.5 Å². The van der Waals surface area contributed by atoms with Gasteiger partial charge in [0.15, 0.2) is 0 Å². The van der Waals surface area contributed by atoms with Crippen LogP contribution in [0.4, 0.5) is 0 Å². The van der Waals surface area contributed by atoms with Gasteiger partial charge in [0.2, 0.25) is 11.8 Å². The summed E-state index contributed by atoms with van der Waals surface area (Å²) in [7, 11) is 3.36. The van der Waals surface area contributed by atoms with Gasteiger partial charge in [0.25, 0.3) is 0 Å². The van der Waals surface area contributed by atoms with Crippen LogP contribution in [0.2, 0.25) is 0 Å². The fraction of sp³-hybridized carbons (Fsp3) is 0.452. The zero-order chi connectivity index (χ0) is 25.8. The predicted molar refractivity (Wildman–Crippen MR) is 157 cm³/mol. The van der Waals surface area contributed by atoms with Gasteiger partial charge in [0, 0.05) is 69.7 Å². The molecule has 39 heavy (non-hydrogen) atoms. The first-order chi connectivity index (χ1) is 16.8. The summed E-state index contributed by atoms with van der Waals surface area (Å²) in [5.41, 5.74) is 10.4. The number of amides is 2. The molecule has 0 heterocycles. The number of rotatable bonds is 5. The first-order valence-electron chi connectivity index (χ1n) is 11.9. The van der Waals surface area contributed by atoms with Crippen LogP contribution < -0.4 is 20.5 Å². The largest absolute Gasteiger partial charge is 0.496 e. The molecule has 0 aromatic heterocycles. The molecule has 0 unspecified atom stereocenters. The number of nitrogens with one attached hydrogen (secondary N) is 1. The van der Waals surface area contributed by atoms with Crippen molar-refractivity contribution in [2.45, 2.75) is 81.1 Å². The topological polar surface area (TPSA) is 108 Å². The Bertz CT molecular complexity index is 1080. The van der Waals surface area contributed by atoms with Gasteiger partial charge in [-0.1, -0.05) is 60.4 Å². The number of allylic oxidation sites excluding steroid dienone is 1. The second kappa shape index (κ2) is 21.3. The molecule has 1 radical (unpaired) electrons. The molecular formula is C31H48N2O5Y. The van der Waals surface area contributed by atoms with E-state index in [0.717, 1.165) is 47.6 Å². The number of carbonyl (C=O) groups is 3. The second-order valence-corrected chi connectivity index (χ2v) is 8.23. The predicted octanol–water partition coefficient (Wildman–Crippen LogP) is 6.05. The number of hydrogen-bond acceptors (Lipinski definition) is 5. The van der Waals surface area contributed by atoms with Gasteiger partial charge in [0.1, 0.15) is 17.3 Å². The van der Waals surface area contributed by atoms with Crippen LogP contribution in [0.3, 0.4) is 0 Å². The first-order valence-corrected chi connectivity index (χ1v) is 11.9. The number of Topliss-reactive ketones (excluding diaryl/α,β-unsaturated/α-hetero) is 1. The molecule has 0 atom stereocenters. The molecule has 2 amide bonds. The number of ketones is 1. The third kappa shape index (κ3) is 12.9. The Morgan fingerprint density at radius 3 is 1.92 bits per heavy atom. The molecule has 0 saturated carbocycles. The van der Waals surface area contributed by atoms with Crippen molar-refractivity contribution in [3.8, 4) is 11.5 Å². The summed E-state index contributed by atoms with van der Waals surface area (Å²) in [6, 6.07) is 11.9. The summed E-state index contributed by atoms with van der Waals surface area (Å²) in [5, 5.41) is 2.93. The smallest absolute Gasteiger partial charge is 0.223 e. The molecule has 8 heteroatoms. The van der Waals surface area contributed by atoms with Gasteiger partial charge >= 0.3 is 0 Å². The molecule has 215 valence electrons. The fourth-order valence-corrected chi connectivity index (χ4v) is 3.88. The third-order valence-electron chi connectivity index (χ3n) is 5.82. The summed E-state index contributed by atoms with van der Waals surface area (Å²) in [4.78, 5) is 32.1. The van der Waals surface area contributed by atoms with Crippen molar-refractivity contribution in [3.63, 3.8) is 0 Å². The number of ether oxygens (including phenoxy) is 2. The van der Waals surface area contributed by atoms with E-state index in [9.17, 15) is 14.4 Å². The van der Waals surface area contributed by atoms with Crippen LogP contribution in [0.1, 0.15) is 84.1 Å². The summed E-state index contributed by atoms with van der Waals surface area (Å²) < 4.78 is 10.6. The van der Waals surface area contributed by atoms with Crippen molar-refractivity contribution in [2.75, 3.05) is 14.2 Å². The molecular weight excluding hydrogens is 569 g/mol. The molecule has 3 N–H and O–H groups in total. The standard InChI is InChI=1S/C14H17NO2.C11H12O2.C3H7NO.3CH4.Y/c1-3-14(16)15-11-7-8-12-10(9-11)5-4-6-13(12)17-2;1-13-11-4-2-3-8-7-9(12)5-6-10(8)11;1-2-3(4)5;;;;/h4-6,9H,3,7-8H2,1-2H3,(H,15,16);2-4H,5-7H2,1H3;2H2,1H3,(H2,4,5);3*1H4;. The zero-order valence-corrected chi connectivity index (χ0v) is 24.5. The van der Waals surface area contributed by atoms with E-state index in [1.54, 1.807) is 21.1 Å². The molecule has 0 bridgehead atoms. The fourth-order valence-electron chi connectivity index (χ4n) is 3.88. The first kappa shape index (κ1) is 41.0. The van der Waals surface area contributed by atoms with Crippen LogP contribution in [0, 0.1) is 0 Å². The van der Waals surface area contributed by atoms with E-state index in [1.165, 1.54) is 11.1 Å². The maximum atomic E-state index is 11.3. The molecule has 0 aliphatic heterocycles. The molecule has 4 rings (SSSR count). The van der Waals surface area contributed by atoms with Crippen LogP contribution >= 0.6 is 0 Å². The van der Waals surface area contributed by atoms with Crippen molar-refractivity contribution in [2.24, 2.45) is 5.73 Å². The van der Waals surface area contributed by atoms with Crippen LogP contribution in [0.5, 0.6) is 11.5 Å². The summed E-state index contributed by atoms with van der Waals surface area (Å²) in [6.45, 7) is 3.58. The maximum absolute atomic E-state index is 11.3. The van der Waals surface area contributed by atoms with Crippen LogP contribution in [0.25, 0.3) is 6.08 Å². The SMILES string of the molecule is C.C.C.CCC(=O)NC1=Cc2cccc(OC)c2CC1.CCC(N)=O.COc1cccc2c1CCC(=O)C2.[Y]. The van der Waals surface area contributed by atoms with Crippen LogP contribution in [0.15, 0.2) is 42.1 Å². The van der Waals surface area contributed by atoms with Gasteiger partial charge in [-0.15, -0.1) is 0 Å². The summed E-state index contributed by atoms with van der Waals surface area (Å²) in [6.07, 6.45) is 6.84. The molecule has 2 aliphatic carbocycles. The third-order valence-corrected chi connectivity index (χ3v) is 5.82. The number of primary amides is 1. The van der Waals surface area contributed by atoms with Crippen LogP contribution in [-0.2, 0) is 66.4 Å². The Labute approximate surface area is 261 Å². The number of benzene rings is 2. The van der Waals surface area contributed by atoms with Gasteiger partial charge < -0.3 is 20.5 Å². The maximum Gasteiger partial charge on any atom is 0.223 e. The van der Waals surface area contributed by atoms with E-state index >= 15 is 0 Å². The normalized spacial score (nSPS) is 12.0. The quantitative estimate of drug-likeness (QED) is 0.425. The second-order valence-electron chi connectivity index (χ2n) is 8.23. The van der Waals surface area contributed by atoms with E-state index in [1.807, 2.05) is 43.3 Å². The van der Waals surface area contributed by atoms with Crippen molar-refractivity contribution < 1.29 is 56.6 Å². The Morgan fingerprint density at radius 1 is 0.846 bits per heavy atom. The van der Waals surface area contributed by atoms with Gasteiger partial charge in [-0.05, 0) is 54.2 Å². The Hall–Kier alpha value is -2.51. The van der Waals surface area contributed by atoms with Gasteiger partial charge in [-0.3, -0.25) is 14.4 Å². The van der Waals surface area contributed by atoms with Crippen molar-refractivity contribution >= 4 is 23.7 Å². The van der Waals surface area contributed by atoms with E-state index in [4.69, 9.17) is 9.47 Å². The molecule has 2 aromatic rings. The van der Waals surface area contributed by atoms with Crippen molar-refractivity contribution in [1.29, 1.82) is 0 Å². The van der Waals surface area contributed by atoms with Crippen LogP contribution in [-0.4, -0.2) is 31.8 Å². The molecule has 0 saturated heterocycles. The number of fused-ring (bicyclic) bond motifs is 2. The molecule has 0 spiro atoms. The number of nitrogens with two attached hydrogens (primary N) is 1. The average Bonchev–Trinajstić information content (AvgIpc) is 2.88. The minimum Gasteiger partial charge on any atom is -0.496 e. The Balaban J connectivity index is -0.000000531. The molecule has 0 fully saturated rings. The Kier molecular flexibility index (Phi) is 22.4. The Morgan fingerprint density at radius 2 is 1.38 bits per heavy atom. The van der Waals surface area contributed by atoms with Crippen molar-refractivity contribution in [3.05, 3.63) is 64.3 Å². The summed E-state index contributed by atoms with van der Waals surface area (Å²) in [5.74, 6) is 2.01. The number of hydrogen-bond donors (Lipinski definition) is 2. The monoisotopic (exact) mass is 617 g/mol. The van der Waals surface area contributed by atoms with E-state index in [2.05, 4.69) is 17.1 Å². The molecule has 2 aliphatic rings. The zero-order valence-electron chi connectivity index (χ0n) is 21.7.